The summed E-state index contributed by atoms with van der Waals surface area (Å²) >= 11 is 0. The van der Waals surface area contributed by atoms with Crippen molar-refractivity contribution in [3.05, 3.63) is 11.9 Å². The van der Waals surface area contributed by atoms with Gasteiger partial charge in [0.05, 0.1) is 13.8 Å². The zero-order valence-corrected chi connectivity index (χ0v) is 10.0. The smallest absolute Gasteiger partial charge is 0.0800 e. The average Bonchev–Trinajstić information content (AvgIpc) is 2.33. The monoisotopic (exact) mass is 197 g/mol. The highest BCUT2D eigenvalue weighted by Gasteiger charge is 2.15. The van der Waals surface area contributed by atoms with E-state index < -0.39 is 8.07 Å². The predicted molar refractivity (Wildman–Crippen MR) is 57.4 cm³/mol. The van der Waals surface area contributed by atoms with E-state index in [4.69, 9.17) is 0 Å². The lowest BCUT2D eigenvalue weighted by molar-refractivity contribution is 0.579. The van der Waals surface area contributed by atoms with Crippen LogP contribution in [-0.4, -0.2) is 23.1 Å². The standard InChI is InChI=1S/C9H19N3Si/c1-5-6-12-7-9(10-11-12)8-13(2,3)4/h7H,5-6,8H2,1-4H3. The quantitative estimate of drug-likeness (QED) is 0.692. The zero-order chi connectivity index (χ0) is 9.90. The summed E-state index contributed by atoms with van der Waals surface area (Å²) in [5, 5.41) is 8.25. The first-order chi connectivity index (χ1) is 6.01. The Morgan fingerprint density at radius 3 is 2.62 bits per heavy atom. The first-order valence-electron chi connectivity index (χ1n) is 4.90. The number of hydrogen-bond donors (Lipinski definition) is 0. The summed E-state index contributed by atoms with van der Waals surface area (Å²) in [6.07, 6.45) is 3.21. The largest absolute Gasteiger partial charge is 0.252 e. The summed E-state index contributed by atoms with van der Waals surface area (Å²) < 4.78 is 1.94. The van der Waals surface area contributed by atoms with Gasteiger partial charge in [-0.3, -0.25) is 4.68 Å². The van der Waals surface area contributed by atoms with Crippen molar-refractivity contribution in [2.24, 2.45) is 0 Å². The van der Waals surface area contributed by atoms with Crippen LogP contribution < -0.4 is 0 Å². The van der Waals surface area contributed by atoms with Gasteiger partial charge in [0.15, 0.2) is 0 Å². The Kier molecular flexibility index (Phi) is 3.25. The van der Waals surface area contributed by atoms with Crippen molar-refractivity contribution >= 4 is 8.07 Å². The third-order valence-corrected chi connectivity index (χ3v) is 3.17. The molecule has 1 rings (SSSR count). The molecule has 4 heteroatoms. The molecule has 0 unspecified atom stereocenters. The Hall–Kier alpha value is -0.643. The second-order valence-electron chi connectivity index (χ2n) is 4.71. The molecule has 0 saturated heterocycles. The lowest BCUT2D eigenvalue weighted by Crippen LogP contribution is -2.24. The molecule has 0 aliphatic carbocycles. The van der Waals surface area contributed by atoms with E-state index in [1.165, 1.54) is 0 Å². The Balaban J connectivity index is 2.59. The van der Waals surface area contributed by atoms with Crippen LogP contribution in [0.5, 0.6) is 0 Å². The Morgan fingerprint density at radius 2 is 2.08 bits per heavy atom. The van der Waals surface area contributed by atoms with Gasteiger partial charge in [-0.15, -0.1) is 5.10 Å². The van der Waals surface area contributed by atoms with E-state index in [0.29, 0.717) is 0 Å². The number of hydrogen-bond acceptors (Lipinski definition) is 2. The van der Waals surface area contributed by atoms with Crippen LogP contribution in [0.4, 0.5) is 0 Å². The summed E-state index contributed by atoms with van der Waals surface area (Å²) in [5.41, 5.74) is 1.16. The van der Waals surface area contributed by atoms with Crippen LogP contribution in [0.1, 0.15) is 19.0 Å². The fourth-order valence-corrected chi connectivity index (χ4v) is 2.55. The molecule has 0 aliphatic heterocycles. The van der Waals surface area contributed by atoms with Crippen LogP contribution in [0.25, 0.3) is 0 Å². The third kappa shape index (κ3) is 3.72. The van der Waals surface area contributed by atoms with Crippen molar-refractivity contribution in [1.29, 1.82) is 0 Å². The molecule has 0 amide bonds. The third-order valence-electron chi connectivity index (χ3n) is 1.75. The van der Waals surface area contributed by atoms with Crippen LogP contribution >= 0.6 is 0 Å². The van der Waals surface area contributed by atoms with E-state index in [9.17, 15) is 0 Å². The van der Waals surface area contributed by atoms with Gasteiger partial charge in [0, 0.05) is 12.7 Å². The molecule has 0 atom stereocenters. The van der Waals surface area contributed by atoms with Crippen molar-refractivity contribution < 1.29 is 0 Å². The van der Waals surface area contributed by atoms with Crippen molar-refractivity contribution in [2.45, 2.75) is 45.6 Å². The number of rotatable bonds is 4. The minimum atomic E-state index is -1.02. The molecular formula is C9H19N3Si. The number of nitrogens with zero attached hydrogens (tertiary/aromatic N) is 3. The SMILES string of the molecule is CCCn1cc(C[Si](C)(C)C)nn1. The molecule has 0 N–H and O–H groups in total. The minimum Gasteiger partial charge on any atom is -0.252 e. The molecule has 0 fully saturated rings. The number of aryl methyl sites for hydroxylation is 1. The van der Waals surface area contributed by atoms with E-state index >= 15 is 0 Å². The summed E-state index contributed by atoms with van der Waals surface area (Å²) in [5.74, 6) is 0. The second kappa shape index (κ2) is 4.04. The van der Waals surface area contributed by atoms with Gasteiger partial charge in [-0.1, -0.05) is 31.8 Å². The first kappa shape index (κ1) is 10.4. The maximum Gasteiger partial charge on any atom is 0.0800 e. The van der Waals surface area contributed by atoms with Gasteiger partial charge < -0.3 is 0 Å². The second-order valence-corrected chi connectivity index (χ2v) is 10.2. The summed E-state index contributed by atoms with van der Waals surface area (Å²) in [7, 11) is -1.02. The van der Waals surface area contributed by atoms with Gasteiger partial charge in [0.2, 0.25) is 0 Å². The first-order valence-corrected chi connectivity index (χ1v) is 8.61. The highest BCUT2D eigenvalue weighted by molar-refractivity contribution is 6.75. The van der Waals surface area contributed by atoms with E-state index in [-0.39, 0.29) is 0 Å². The molecule has 13 heavy (non-hydrogen) atoms. The van der Waals surface area contributed by atoms with Crippen molar-refractivity contribution in [3.8, 4) is 0 Å². The highest BCUT2D eigenvalue weighted by atomic mass is 28.3. The molecule has 0 bridgehead atoms. The van der Waals surface area contributed by atoms with Gasteiger partial charge in [0.1, 0.15) is 0 Å². The van der Waals surface area contributed by atoms with Crippen LogP contribution in [0.2, 0.25) is 19.6 Å². The van der Waals surface area contributed by atoms with E-state index in [0.717, 1.165) is 24.7 Å². The minimum absolute atomic E-state index is 0.985. The number of aromatic nitrogens is 3. The van der Waals surface area contributed by atoms with Gasteiger partial charge in [0.25, 0.3) is 0 Å². The topological polar surface area (TPSA) is 30.7 Å². The van der Waals surface area contributed by atoms with Gasteiger partial charge in [-0.2, -0.15) is 0 Å². The van der Waals surface area contributed by atoms with Gasteiger partial charge in [-0.25, -0.2) is 0 Å². The maximum absolute atomic E-state index is 4.17. The Bertz CT molecular complexity index is 262. The normalized spacial score (nSPS) is 12.0. The molecule has 1 aromatic rings. The molecule has 74 valence electrons. The maximum atomic E-state index is 4.17. The Labute approximate surface area is 81.2 Å². The average molecular weight is 197 g/mol. The predicted octanol–water partition coefficient (Wildman–Crippen LogP) is 2.11. The molecule has 0 aromatic carbocycles. The van der Waals surface area contributed by atoms with Crippen LogP contribution in [0.3, 0.4) is 0 Å². The lowest BCUT2D eigenvalue weighted by atomic mass is 10.5. The van der Waals surface area contributed by atoms with Crippen molar-refractivity contribution in [2.75, 3.05) is 0 Å². The van der Waals surface area contributed by atoms with Crippen LogP contribution in [0, 0.1) is 0 Å². The molecule has 0 radical (unpaired) electrons. The van der Waals surface area contributed by atoms with E-state index in [1.807, 2.05) is 4.68 Å². The fourth-order valence-electron chi connectivity index (χ4n) is 1.30. The summed E-state index contributed by atoms with van der Waals surface area (Å²) in [6.45, 7) is 10.2. The van der Waals surface area contributed by atoms with Crippen LogP contribution in [-0.2, 0) is 12.6 Å². The molecule has 0 aliphatic rings. The van der Waals surface area contributed by atoms with Crippen LogP contribution in [0.15, 0.2) is 6.20 Å². The van der Waals surface area contributed by atoms with E-state index in [2.05, 4.69) is 43.1 Å². The highest BCUT2D eigenvalue weighted by Crippen LogP contribution is 2.08. The van der Waals surface area contributed by atoms with Gasteiger partial charge in [-0.05, 0) is 12.5 Å². The van der Waals surface area contributed by atoms with Crippen molar-refractivity contribution in [1.82, 2.24) is 15.0 Å². The molecule has 1 aromatic heterocycles. The molecular weight excluding hydrogens is 178 g/mol. The summed E-state index contributed by atoms with van der Waals surface area (Å²) in [4.78, 5) is 0. The lowest BCUT2D eigenvalue weighted by Gasteiger charge is -2.12. The zero-order valence-electron chi connectivity index (χ0n) is 9.04. The molecule has 1 heterocycles. The fraction of sp³-hybridized carbons (Fsp3) is 0.778. The molecule has 0 spiro atoms. The Morgan fingerprint density at radius 1 is 1.38 bits per heavy atom. The molecule has 0 saturated carbocycles. The molecule has 3 nitrogen and oxygen atoms in total. The summed E-state index contributed by atoms with van der Waals surface area (Å²) in [6, 6.07) is 1.14. The van der Waals surface area contributed by atoms with Crippen molar-refractivity contribution in [3.63, 3.8) is 0 Å². The van der Waals surface area contributed by atoms with E-state index in [1.54, 1.807) is 0 Å². The van der Waals surface area contributed by atoms with Gasteiger partial charge >= 0.3 is 0 Å².